The number of aromatic nitrogens is 1. The molecule has 0 radical (unpaired) electrons. The number of benzene rings is 1. The Labute approximate surface area is 178 Å². The first-order valence-corrected chi connectivity index (χ1v) is 11.3. The minimum atomic E-state index is 0.541. The molecule has 0 spiro atoms. The van der Waals surface area contributed by atoms with Crippen molar-refractivity contribution in [2.45, 2.75) is 47.1 Å². The van der Waals surface area contributed by atoms with Crippen LogP contribution in [0, 0.1) is 6.92 Å². The van der Waals surface area contributed by atoms with Gasteiger partial charge in [0.2, 0.25) is 0 Å². The van der Waals surface area contributed by atoms with E-state index in [4.69, 9.17) is 14.5 Å². The molecule has 0 aliphatic carbocycles. The molecule has 29 heavy (non-hydrogen) atoms. The molecule has 1 aromatic heterocycles. The Morgan fingerprint density at radius 3 is 2.76 bits per heavy atom. The van der Waals surface area contributed by atoms with Crippen LogP contribution in [0.25, 0.3) is 0 Å². The highest BCUT2D eigenvalue weighted by molar-refractivity contribution is 7.09. The molecule has 0 atom stereocenters. The standard InChI is InChI=1S/C22H34N4O2S/c1-5-21-26-19(16-29-21)10-11-24-22(23-6-2)25-15-18-9-8-17(4)14-20(18)28-13-12-27-7-3/h8-9,14,16H,5-7,10-13,15H2,1-4H3,(H2,23,24,25). The molecule has 1 heterocycles. The van der Waals surface area contributed by atoms with Crippen molar-refractivity contribution >= 4 is 17.3 Å². The normalized spacial score (nSPS) is 11.5. The topological polar surface area (TPSA) is 67.8 Å². The van der Waals surface area contributed by atoms with Gasteiger partial charge < -0.3 is 20.1 Å². The summed E-state index contributed by atoms with van der Waals surface area (Å²) in [7, 11) is 0. The van der Waals surface area contributed by atoms with Crippen LogP contribution in [0.15, 0.2) is 28.6 Å². The van der Waals surface area contributed by atoms with Crippen molar-refractivity contribution in [3.63, 3.8) is 0 Å². The van der Waals surface area contributed by atoms with E-state index in [-0.39, 0.29) is 0 Å². The summed E-state index contributed by atoms with van der Waals surface area (Å²) >= 11 is 1.73. The zero-order valence-electron chi connectivity index (χ0n) is 18.1. The zero-order chi connectivity index (χ0) is 20.9. The SMILES string of the molecule is CCNC(=NCc1ccc(C)cc1OCCOCC)NCCc1csc(CC)n1. The average molecular weight is 419 g/mol. The van der Waals surface area contributed by atoms with E-state index in [1.54, 1.807) is 11.3 Å². The second-order valence-corrected chi connectivity index (χ2v) is 7.56. The first-order chi connectivity index (χ1) is 14.2. The zero-order valence-corrected chi connectivity index (χ0v) is 18.9. The third-order valence-corrected chi connectivity index (χ3v) is 5.28. The number of ether oxygens (including phenoxy) is 2. The number of rotatable bonds is 12. The molecule has 1 aromatic carbocycles. The molecule has 0 saturated carbocycles. The average Bonchev–Trinajstić information content (AvgIpc) is 3.18. The number of nitrogens with zero attached hydrogens (tertiary/aromatic N) is 2. The first-order valence-electron chi connectivity index (χ1n) is 10.4. The van der Waals surface area contributed by atoms with Crippen LogP contribution in [0.2, 0.25) is 0 Å². The Balaban J connectivity index is 1.94. The molecule has 0 bridgehead atoms. The third kappa shape index (κ3) is 8.41. The summed E-state index contributed by atoms with van der Waals surface area (Å²) in [6.45, 7) is 12.3. The highest BCUT2D eigenvalue weighted by Crippen LogP contribution is 2.21. The Morgan fingerprint density at radius 2 is 2.03 bits per heavy atom. The Kier molecular flexibility index (Phi) is 10.5. The van der Waals surface area contributed by atoms with Crippen molar-refractivity contribution < 1.29 is 9.47 Å². The molecule has 6 nitrogen and oxygen atoms in total. The fourth-order valence-corrected chi connectivity index (χ4v) is 3.50. The minimum absolute atomic E-state index is 0.541. The maximum absolute atomic E-state index is 5.92. The van der Waals surface area contributed by atoms with E-state index in [0.29, 0.717) is 26.4 Å². The lowest BCUT2D eigenvalue weighted by Crippen LogP contribution is -2.38. The summed E-state index contributed by atoms with van der Waals surface area (Å²) in [5.74, 6) is 1.68. The number of hydrogen-bond acceptors (Lipinski definition) is 5. The van der Waals surface area contributed by atoms with Crippen LogP contribution in [0.1, 0.15) is 42.6 Å². The van der Waals surface area contributed by atoms with Gasteiger partial charge in [-0.3, -0.25) is 0 Å². The summed E-state index contributed by atoms with van der Waals surface area (Å²) in [6.07, 6.45) is 1.88. The highest BCUT2D eigenvalue weighted by atomic mass is 32.1. The summed E-state index contributed by atoms with van der Waals surface area (Å²) < 4.78 is 11.3. The summed E-state index contributed by atoms with van der Waals surface area (Å²) in [5.41, 5.74) is 3.37. The quantitative estimate of drug-likeness (QED) is 0.312. The largest absolute Gasteiger partial charge is 0.491 e. The van der Waals surface area contributed by atoms with Crippen molar-refractivity contribution in [1.29, 1.82) is 0 Å². The van der Waals surface area contributed by atoms with E-state index in [1.165, 1.54) is 10.6 Å². The van der Waals surface area contributed by atoms with Crippen LogP contribution in [0.3, 0.4) is 0 Å². The predicted molar refractivity (Wildman–Crippen MR) is 121 cm³/mol. The van der Waals surface area contributed by atoms with E-state index in [1.807, 2.05) is 6.92 Å². The number of aryl methyl sites for hydroxylation is 2. The fraction of sp³-hybridized carbons (Fsp3) is 0.545. The molecule has 160 valence electrons. The molecular formula is C22H34N4O2S. The van der Waals surface area contributed by atoms with Gasteiger partial charge >= 0.3 is 0 Å². The number of guanidine groups is 1. The maximum atomic E-state index is 5.92. The van der Waals surface area contributed by atoms with Crippen molar-refractivity contribution in [3.8, 4) is 5.75 Å². The molecule has 2 aromatic rings. The molecule has 7 heteroatoms. The molecule has 0 unspecified atom stereocenters. The predicted octanol–water partition coefficient (Wildman–Crippen LogP) is 3.73. The smallest absolute Gasteiger partial charge is 0.191 e. The lowest BCUT2D eigenvalue weighted by atomic mass is 10.1. The molecular weight excluding hydrogens is 384 g/mol. The molecule has 2 rings (SSSR count). The van der Waals surface area contributed by atoms with Gasteiger partial charge in [0.1, 0.15) is 12.4 Å². The number of nitrogens with one attached hydrogen (secondary N) is 2. The van der Waals surface area contributed by atoms with Crippen LogP contribution in [-0.2, 0) is 24.1 Å². The van der Waals surface area contributed by atoms with Gasteiger partial charge in [-0.25, -0.2) is 9.98 Å². The second kappa shape index (κ2) is 13.2. The van der Waals surface area contributed by atoms with Gasteiger partial charge in [-0.2, -0.15) is 0 Å². The summed E-state index contributed by atoms with van der Waals surface area (Å²) in [5, 5.41) is 10.0. The van der Waals surface area contributed by atoms with Gasteiger partial charge in [0.05, 0.1) is 23.9 Å². The molecule has 0 fully saturated rings. The molecule has 0 amide bonds. The summed E-state index contributed by atoms with van der Waals surface area (Å²) in [6, 6.07) is 6.23. The van der Waals surface area contributed by atoms with Crippen LogP contribution >= 0.6 is 11.3 Å². The van der Waals surface area contributed by atoms with Gasteiger partial charge in [-0.05, 0) is 38.8 Å². The molecule has 0 aliphatic rings. The van der Waals surface area contributed by atoms with E-state index in [2.05, 4.69) is 60.0 Å². The van der Waals surface area contributed by atoms with Crippen molar-refractivity contribution in [3.05, 3.63) is 45.4 Å². The van der Waals surface area contributed by atoms with Crippen LogP contribution in [-0.4, -0.2) is 43.9 Å². The maximum Gasteiger partial charge on any atom is 0.191 e. The lowest BCUT2D eigenvalue weighted by molar-refractivity contribution is 0.110. The number of thiazole rings is 1. The van der Waals surface area contributed by atoms with Crippen molar-refractivity contribution in [2.24, 2.45) is 4.99 Å². The van der Waals surface area contributed by atoms with Crippen LogP contribution in [0.5, 0.6) is 5.75 Å². The Morgan fingerprint density at radius 1 is 1.17 bits per heavy atom. The monoisotopic (exact) mass is 418 g/mol. The van der Waals surface area contributed by atoms with E-state index in [9.17, 15) is 0 Å². The van der Waals surface area contributed by atoms with Gasteiger partial charge in [-0.15, -0.1) is 11.3 Å². The van der Waals surface area contributed by atoms with Gasteiger partial charge in [-0.1, -0.05) is 19.1 Å². The third-order valence-electron chi connectivity index (χ3n) is 4.24. The number of hydrogen-bond donors (Lipinski definition) is 2. The Hall–Kier alpha value is -2.12. The molecule has 0 saturated heterocycles. The lowest BCUT2D eigenvalue weighted by Gasteiger charge is -2.13. The fourth-order valence-electron chi connectivity index (χ4n) is 2.72. The first kappa shape index (κ1) is 23.2. The minimum Gasteiger partial charge on any atom is -0.491 e. The van der Waals surface area contributed by atoms with E-state index in [0.717, 1.165) is 48.9 Å². The van der Waals surface area contributed by atoms with Gasteiger partial charge in [0, 0.05) is 37.1 Å². The highest BCUT2D eigenvalue weighted by Gasteiger charge is 2.06. The second-order valence-electron chi connectivity index (χ2n) is 6.61. The Bertz CT molecular complexity index is 761. The van der Waals surface area contributed by atoms with Crippen molar-refractivity contribution in [1.82, 2.24) is 15.6 Å². The summed E-state index contributed by atoms with van der Waals surface area (Å²) in [4.78, 5) is 9.35. The van der Waals surface area contributed by atoms with E-state index >= 15 is 0 Å². The van der Waals surface area contributed by atoms with Gasteiger partial charge in [0.25, 0.3) is 0 Å². The van der Waals surface area contributed by atoms with Crippen LogP contribution < -0.4 is 15.4 Å². The number of aliphatic imine (C=N–C) groups is 1. The van der Waals surface area contributed by atoms with Crippen molar-refractivity contribution in [2.75, 3.05) is 32.9 Å². The van der Waals surface area contributed by atoms with Gasteiger partial charge in [0.15, 0.2) is 5.96 Å². The molecule has 2 N–H and O–H groups in total. The van der Waals surface area contributed by atoms with Crippen LogP contribution in [0.4, 0.5) is 0 Å². The van der Waals surface area contributed by atoms with E-state index < -0.39 is 0 Å². The molecule has 0 aliphatic heterocycles.